The standard InChI is InChI=1S/C16H18N2/c17-12-16(15-8-4-5-9-18-15)10-14(11-16)13-6-2-1-3-7-13/h1-9,14H,10-12,17H2. The fourth-order valence-corrected chi connectivity index (χ4v) is 3.00. The van der Waals surface area contributed by atoms with E-state index in [9.17, 15) is 0 Å². The first-order valence-corrected chi connectivity index (χ1v) is 6.51. The van der Waals surface area contributed by atoms with Crippen molar-refractivity contribution < 1.29 is 0 Å². The van der Waals surface area contributed by atoms with Crippen molar-refractivity contribution in [3.8, 4) is 0 Å². The molecule has 2 heteroatoms. The molecule has 1 heterocycles. The van der Waals surface area contributed by atoms with Gasteiger partial charge < -0.3 is 5.73 Å². The summed E-state index contributed by atoms with van der Waals surface area (Å²) in [4.78, 5) is 4.49. The molecule has 3 rings (SSSR count). The Morgan fingerprint density at radius 3 is 2.39 bits per heavy atom. The molecule has 0 unspecified atom stereocenters. The van der Waals surface area contributed by atoms with Crippen molar-refractivity contribution in [2.45, 2.75) is 24.2 Å². The highest BCUT2D eigenvalue weighted by Gasteiger charge is 2.45. The summed E-state index contributed by atoms with van der Waals surface area (Å²) in [6.45, 7) is 0.688. The Balaban J connectivity index is 1.80. The van der Waals surface area contributed by atoms with Crippen LogP contribution >= 0.6 is 0 Å². The third-order valence-corrected chi connectivity index (χ3v) is 4.14. The van der Waals surface area contributed by atoms with Crippen LogP contribution in [-0.4, -0.2) is 11.5 Å². The summed E-state index contributed by atoms with van der Waals surface area (Å²) < 4.78 is 0. The Labute approximate surface area is 108 Å². The van der Waals surface area contributed by atoms with Gasteiger partial charge in [-0.05, 0) is 36.5 Å². The molecule has 1 aliphatic carbocycles. The number of rotatable bonds is 3. The van der Waals surface area contributed by atoms with E-state index in [4.69, 9.17) is 5.73 Å². The number of hydrogen-bond donors (Lipinski definition) is 1. The molecule has 0 saturated heterocycles. The van der Waals surface area contributed by atoms with Crippen molar-refractivity contribution in [1.82, 2.24) is 4.98 Å². The molecule has 2 nitrogen and oxygen atoms in total. The molecule has 0 spiro atoms. The summed E-state index contributed by atoms with van der Waals surface area (Å²) in [5.74, 6) is 0.636. The van der Waals surface area contributed by atoms with E-state index in [2.05, 4.69) is 47.4 Å². The molecular weight excluding hydrogens is 220 g/mol. The maximum atomic E-state index is 6.00. The molecule has 1 saturated carbocycles. The van der Waals surface area contributed by atoms with Gasteiger partial charge >= 0.3 is 0 Å². The first-order chi connectivity index (χ1) is 8.84. The first kappa shape index (κ1) is 11.4. The molecular formula is C16H18N2. The molecule has 0 atom stereocenters. The SMILES string of the molecule is NCC1(c2ccccn2)CC(c2ccccc2)C1. The van der Waals surface area contributed by atoms with Gasteiger partial charge in [0.05, 0.1) is 0 Å². The predicted octanol–water partition coefficient (Wildman–Crippen LogP) is 2.86. The summed E-state index contributed by atoms with van der Waals surface area (Å²) in [6, 6.07) is 16.8. The molecule has 18 heavy (non-hydrogen) atoms. The van der Waals surface area contributed by atoms with Gasteiger partial charge in [-0.2, -0.15) is 0 Å². The number of benzene rings is 1. The fourth-order valence-electron chi connectivity index (χ4n) is 3.00. The van der Waals surface area contributed by atoms with Gasteiger partial charge in [0.25, 0.3) is 0 Å². The van der Waals surface area contributed by atoms with Crippen LogP contribution in [0.15, 0.2) is 54.7 Å². The summed E-state index contributed by atoms with van der Waals surface area (Å²) >= 11 is 0. The molecule has 1 aromatic heterocycles. The molecule has 1 aromatic carbocycles. The highest BCUT2D eigenvalue weighted by Crippen LogP contribution is 2.51. The van der Waals surface area contributed by atoms with Gasteiger partial charge in [-0.1, -0.05) is 36.4 Å². The molecule has 2 N–H and O–H groups in total. The normalized spacial score (nSPS) is 26.6. The van der Waals surface area contributed by atoms with Crippen LogP contribution in [-0.2, 0) is 5.41 Å². The van der Waals surface area contributed by atoms with E-state index in [0.717, 1.165) is 18.5 Å². The van der Waals surface area contributed by atoms with Crippen molar-refractivity contribution >= 4 is 0 Å². The van der Waals surface area contributed by atoms with E-state index in [1.807, 2.05) is 12.3 Å². The van der Waals surface area contributed by atoms with E-state index >= 15 is 0 Å². The maximum Gasteiger partial charge on any atom is 0.0478 e. The Morgan fingerprint density at radius 1 is 1.06 bits per heavy atom. The minimum Gasteiger partial charge on any atom is -0.330 e. The van der Waals surface area contributed by atoms with Crippen LogP contribution in [0.4, 0.5) is 0 Å². The molecule has 92 valence electrons. The number of aromatic nitrogens is 1. The highest BCUT2D eigenvalue weighted by atomic mass is 14.8. The molecule has 0 bridgehead atoms. The molecule has 0 amide bonds. The van der Waals surface area contributed by atoms with Crippen molar-refractivity contribution in [2.24, 2.45) is 5.73 Å². The molecule has 1 fully saturated rings. The van der Waals surface area contributed by atoms with Gasteiger partial charge in [0, 0.05) is 23.9 Å². The van der Waals surface area contributed by atoms with Crippen LogP contribution in [0.2, 0.25) is 0 Å². The predicted molar refractivity (Wildman–Crippen MR) is 73.4 cm³/mol. The van der Waals surface area contributed by atoms with Gasteiger partial charge in [-0.3, -0.25) is 4.98 Å². The summed E-state index contributed by atoms with van der Waals surface area (Å²) in [5, 5.41) is 0. The van der Waals surface area contributed by atoms with Gasteiger partial charge in [-0.15, -0.1) is 0 Å². The second-order valence-corrected chi connectivity index (χ2v) is 5.22. The van der Waals surface area contributed by atoms with Crippen LogP contribution in [0.3, 0.4) is 0 Å². The van der Waals surface area contributed by atoms with Crippen molar-refractivity contribution in [3.05, 3.63) is 66.0 Å². The minimum atomic E-state index is 0.0990. The quantitative estimate of drug-likeness (QED) is 0.893. The zero-order valence-corrected chi connectivity index (χ0v) is 10.4. The zero-order valence-electron chi connectivity index (χ0n) is 10.4. The van der Waals surface area contributed by atoms with Crippen LogP contribution < -0.4 is 5.73 Å². The lowest BCUT2D eigenvalue weighted by Gasteiger charge is -2.47. The highest BCUT2D eigenvalue weighted by molar-refractivity contribution is 5.31. The largest absolute Gasteiger partial charge is 0.330 e. The van der Waals surface area contributed by atoms with Crippen LogP contribution in [0, 0.1) is 0 Å². The lowest BCUT2D eigenvalue weighted by Crippen LogP contribution is -2.46. The number of pyridine rings is 1. The fraction of sp³-hybridized carbons (Fsp3) is 0.312. The third kappa shape index (κ3) is 1.83. The Kier molecular flexibility index (Phi) is 2.88. The molecule has 2 aromatic rings. The Hall–Kier alpha value is -1.67. The van der Waals surface area contributed by atoms with Crippen LogP contribution in [0.1, 0.15) is 30.0 Å². The van der Waals surface area contributed by atoms with E-state index in [0.29, 0.717) is 12.5 Å². The van der Waals surface area contributed by atoms with Gasteiger partial charge in [-0.25, -0.2) is 0 Å². The van der Waals surface area contributed by atoms with Crippen LogP contribution in [0.25, 0.3) is 0 Å². The van der Waals surface area contributed by atoms with Crippen molar-refractivity contribution in [1.29, 1.82) is 0 Å². The lowest BCUT2D eigenvalue weighted by molar-refractivity contribution is 0.203. The second kappa shape index (κ2) is 4.54. The summed E-state index contributed by atoms with van der Waals surface area (Å²) in [6.07, 6.45) is 4.09. The van der Waals surface area contributed by atoms with Crippen molar-refractivity contribution in [3.63, 3.8) is 0 Å². The zero-order chi connectivity index (χ0) is 12.4. The number of nitrogens with two attached hydrogens (primary N) is 1. The monoisotopic (exact) mass is 238 g/mol. The van der Waals surface area contributed by atoms with E-state index < -0.39 is 0 Å². The number of nitrogens with zero attached hydrogens (tertiary/aromatic N) is 1. The lowest BCUT2D eigenvalue weighted by atomic mass is 9.58. The van der Waals surface area contributed by atoms with E-state index in [-0.39, 0.29) is 5.41 Å². The molecule has 0 aliphatic heterocycles. The average Bonchev–Trinajstić information content (AvgIpc) is 2.41. The van der Waals surface area contributed by atoms with Gasteiger partial charge in [0.15, 0.2) is 0 Å². The van der Waals surface area contributed by atoms with E-state index in [1.54, 1.807) is 0 Å². The smallest absolute Gasteiger partial charge is 0.0478 e. The van der Waals surface area contributed by atoms with Crippen molar-refractivity contribution in [2.75, 3.05) is 6.54 Å². The Bertz CT molecular complexity index is 501. The van der Waals surface area contributed by atoms with Gasteiger partial charge in [0.2, 0.25) is 0 Å². The maximum absolute atomic E-state index is 6.00. The Morgan fingerprint density at radius 2 is 1.78 bits per heavy atom. The summed E-state index contributed by atoms with van der Waals surface area (Å²) in [7, 11) is 0. The third-order valence-electron chi connectivity index (χ3n) is 4.14. The molecule has 0 radical (unpaired) electrons. The van der Waals surface area contributed by atoms with Gasteiger partial charge in [0.1, 0.15) is 0 Å². The molecule has 1 aliphatic rings. The average molecular weight is 238 g/mol. The topological polar surface area (TPSA) is 38.9 Å². The van der Waals surface area contributed by atoms with Crippen LogP contribution in [0.5, 0.6) is 0 Å². The summed E-state index contributed by atoms with van der Waals surface area (Å²) in [5.41, 5.74) is 8.68. The van der Waals surface area contributed by atoms with E-state index in [1.165, 1.54) is 5.56 Å². The first-order valence-electron chi connectivity index (χ1n) is 6.51. The minimum absolute atomic E-state index is 0.0990. The number of hydrogen-bond acceptors (Lipinski definition) is 2. The second-order valence-electron chi connectivity index (χ2n) is 5.22.